The number of aromatic nitrogens is 4. The maximum atomic E-state index is 12.6. The number of furan rings is 1. The lowest BCUT2D eigenvalue weighted by Crippen LogP contribution is -2.11. The van der Waals surface area contributed by atoms with Crippen LogP contribution in [0.3, 0.4) is 0 Å². The van der Waals surface area contributed by atoms with E-state index in [2.05, 4.69) is 26.9 Å². The molecular formula is C24H19N5O3. The van der Waals surface area contributed by atoms with E-state index in [0.29, 0.717) is 17.3 Å². The summed E-state index contributed by atoms with van der Waals surface area (Å²) in [5.41, 5.74) is 1.40. The molecule has 1 N–H and O–H groups in total. The van der Waals surface area contributed by atoms with Crippen molar-refractivity contribution in [1.82, 2.24) is 20.2 Å². The molecule has 0 aliphatic heterocycles. The molecule has 158 valence electrons. The number of aryl methyl sites for hydroxylation is 1. The van der Waals surface area contributed by atoms with Crippen LogP contribution in [0.25, 0.3) is 22.2 Å². The van der Waals surface area contributed by atoms with Gasteiger partial charge in [-0.2, -0.15) is 0 Å². The summed E-state index contributed by atoms with van der Waals surface area (Å²) in [6, 6.07) is 24.6. The maximum Gasteiger partial charge on any atom is 0.291 e. The van der Waals surface area contributed by atoms with Crippen molar-refractivity contribution < 1.29 is 13.9 Å². The fraction of sp³-hybridized carbons (Fsp3) is 0.0833. The number of hydrogen-bond donors (Lipinski definition) is 1. The summed E-state index contributed by atoms with van der Waals surface area (Å²) in [5, 5.41) is 16.5. The lowest BCUT2D eigenvalue weighted by molar-refractivity contribution is 0.0992. The first kappa shape index (κ1) is 19.5. The van der Waals surface area contributed by atoms with Crippen LogP contribution in [0.2, 0.25) is 0 Å². The first-order chi connectivity index (χ1) is 15.7. The van der Waals surface area contributed by atoms with Crippen LogP contribution in [-0.2, 0) is 13.7 Å². The highest BCUT2D eigenvalue weighted by Crippen LogP contribution is 2.23. The van der Waals surface area contributed by atoms with Crippen LogP contribution in [0.4, 0.5) is 5.69 Å². The van der Waals surface area contributed by atoms with Gasteiger partial charge in [0.25, 0.3) is 5.91 Å². The van der Waals surface area contributed by atoms with E-state index in [4.69, 9.17) is 9.15 Å². The van der Waals surface area contributed by atoms with Crippen molar-refractivity contribution in [3.8, 4) is 17.1 Å². The second-order valence-electron chi connectivity index (χ2n) is 7.22. The number of amides is 1. The second-order valence-corrected chi connectivity index (χ2v) is 7.22. The largest absolute Gasteiger partial charge is 0.486 e. The summed E-state index contributed by atoms with van der Waals surface area (Å²) in [6.07, 6.45) is 0. The van der Waals surface area contributed by atoms with Crippen molar-refractivity contribution in [1.29, 1.82) is 0 Å². The minimum atomic E-state index is -0.352. The number of carbonyl (C=O) groups excluding carboxylic acids is 1. The molecule has 0 atom stereocenters. The number of benzene rings is 3. The molecule has 5 aromatic rings. The van der Waals surface area contributed by atoms with Crippen molar-refractivity contribution in [2.75, 3.05) is 5.32 Å². The van der Waals surface area contributed by atoms with E-state index in [1.165, 1.54) is 0 Å². The van der Waals surface area contributed by atoms with E-state index in [9.17, 15) is 4.79 Å². The molecule has 5 rings (SSSR count). The predicted octanol–water partition coefficient (Wildman–Crippen LogP) is 4.45. The minimum absolute atomic E-state index is 0.202. The maximum absolute atomic E-state index is 12.6. The van der Waals surface area contributed by atoms with E-state index >= 15 is 0 Å². The lowest BCUT2D eigenvalue weighted by atomic mass is 10.1. The molecule has 2 aromatic heterocycles. The van der Waals surface area contributed by atoms with Crippen molar-refractivity contribution in [2.45, 2.75) is 6.61 Å². The van der Waals surface area contributed by atoms with Crippen LogP contribution in [0, 0.1) is 0 Å². The van der Waals surface area contributed by atoms with Crippen molar-refractivity contribution in [3.63, 3.8) is 0 Å². The molecule has 0 bridgehead atoms. The Kier molecular flexibility index (Phi) is 5.09. The fourth-order valence-corrected chi connectivity index (χ4v) is 3.39. The number of anilines is 1. The van der Waals surface area contributed by atoms with Crippen LogP contribution < -0.4 is 10.1 Å². The number of rotatable bonds is 6. The van der Waals surface area contributed by atoms with Crippen LogP contribution in [0.15, 0.2) is 83.3 Å². The fourth-order valence-electron chi connectivity index (χ4n) is 3.39. The Labute approximate surface area is 183 Å². The van der Waals surface area contributed by atoms with Crippen LogP contribution in [-0.4, -0.2) is 26.1 Å². The van der Waals surface area contributed by atoms with Gasteiger partial charge in [0.2, 0.25) is 0 Å². The third-order valence-electron chi connectivity index (χ3n) is 4.99. The molecule has 2 heterocycles. The highest BCUT2D eigenvalue weighted by molar-refractivity contribution is 6.02. The van der Waals surface area contributed by atoms with Gasteiger partial charge in [0.1, 0.15) is 18.1 Å². The summed E-state index contributed by atoms with van der Waals surface area (Å²) in [7, 11) is 1.75. The van der Waals surface area contributed by atoms with E-state index in [0.717, 1.165) is 22.1 Å². The molecule has 0 fully saturated rings. The molecule has 0 radical (unpaired) electrons. The molecule has 0 unspecified atom stereocenters. The van der Waals surface area contributed by atoms with E-state index in [1.54, 1.807) is 36.0 Å². The lowest BCUT2D eigenvalue weighted by Gasteiger charge is -2.06. The molecule has 0 aliphatic carbocycles. The third-order valence-corrected chi connectivity index (χ3v) is 4.99. The normalized spacial score (nSPS) is 10.9. The Bertz CT molecular complexity index is 1410. The summed E-state index contributed by atoms with van der Waals surface area (Å²) in [4.78, 5) is 12.6. The number of carbonyl (C=O) groups is 1. The Morgan fingerprint density at radius 1 is 1.00 bits per heavy atom. The standard InChI is InChI=1S/C24H19N5O3/c1-29-23(26-27-28-29)18-7-4-8-19(13-18)25-24(30)22-12-11-21(32-22)15-31-20-10-9-16-5-2-3-6-17(16)14-20/h2-14H,15H2,1H3,(H,25,30). The molecule has 32 heavy (non-hydrogen) atoms. The molecular weight excluding hydrogens is 406 g/mol. The number of hydrogen-bond acceptors (Lipinski definition) is 6. The second kappa shape index (κ2) is 8.35. The van der Waals surface area contributed by atoms with Crippen LogP contribution in [0.1, 0.15) is 16.3 Å². The highest BCUT2D eigenvalue weighted by atomic mass is 16.5. The van der Waals surface area contributed by atoms with Gasteiger partial charge in [0.05, 0.1) is 0 Å². The average Bonchev–Trinajstić information content (AvgIpc) is 3.47. The monoisotopic (exact) mass is 425 g/mol. The van der Waals surface area contributed by atoms with Crippen LogP contribution in [0.5, 0.6) is 5.75 Å². The summed E-state index contributed by atoms with van der Waals surface area (Å²) >= 11 is 0. The van der Waals surface area contributed by atoms with E-state index < -0.39 is 0 Å². The van der Waals surface area contributed by atoms with Gasteiger partial charge < -0.3 is 14.5 Å². The van der Waals surface area contributed by atoms with Gasteiger partial charge in [-0.05, 0) is 57.6 Å². The molecule has 3 aromatic carbocycles. The topological polar surface area (TPSA) is 95.1 Å². The van der Waals surface area contributed by atoms with Gasteiger partial charge in [-0.25, -0.2) is 4.68 Å². The minimum Gasteiger partial charge on any atom is -0.486 e. The van der Waals surface area contributed by atoms with Gasteiger partial charge >= 0.3 is 0 Å². The SMILES string of the molecule is Cn1nnnc1-c1cccc(NC(=O)c2ccc(COc3ccc4ccccc4c3)o2)c1. The van der Waals surface area contributed by atoms with Gasteiger partial charge in [-0.15, -0.1) is 5.10 Å². The molecule has 0 spiro atoms. The Hall–Kier alpha value is -4.46. The van der Waals surface area contributed by atoms with Gasteiger partial charge in [0, 0.05) is 18.3 Å². The van der Waals surface area contributed by atoms with Crippen molar-refractivity contribution in [3.05, 3.63) is 90.4 Å². The van der Waals surface area contributed by atoms with E-state index in [1.807, 2.05) is 48.5 Å². The summed E-state index contributed by atoms with van der Waals surface area (Å²) in [5.74, 6) is 1.75. The number of fused-ring (bicyclic) bond motifs is 1. The quantitative estimate of drug-likeness (QED) is 0.432. The Morgan fingerprint density at radius 3 is 2.72 bits per heavy atom. The molecule has 0 saturated heterocycles. The Morgan fingerprint density at radius 2 is 1.88 bits per heavy atom. The number of tetrazole rings is 1. The Balaban J connectivity index is 1.24. The summed E-state index contributed by atoms with van der Waals surface area (Å²) in [6.45, 7) is 0.222. The third kappa shape index (κ3) is 4.06. The average molecular weight is 425 g/mol. The van der Waals surface area contributed by atoms with Crippen LogP contribution >= 0.6 is 0 Å². The van der Waals surface area contributed by atoms with Crippen molar-refractivity contribution >= 4 is 22.4 Å². The predicted molar refractivity (Wildman–Crippen MR) is 119 cm³/mol. The van der Waals surface area contributed by atoms with Gasteiger partial charge in [-0.1, -0.05) is 42.5 Å². The molecule has 0 aliphatic rings. The zero-order valence-corrected chi connectivity index (χ0v) is 17.2. The number of nitrogens with one attached hydrogen (secondary N) is 1. The number of nitrogens with zero attached hydrogens (tertiary/aromatic N) is 4. The molecule has 8 heteroatoms. The molecule has 8 nitrogen and oxygen atoms in total. The van der Waals surface area contributed by atoms with E-state index in [-0.39, 0.29) is 18.3 Å². The first-order valence-electron chi connectivity index (χ1n) is 10.0. The van der Waals surface area contributed by atoms with Crippen molar-refractivity contribution in [2.24, 2.45) is 7.05 Å². The summed E-state index contributed by atoms with van der Waals surface area (Å²) < 4.78 is 13.1. The number of ether oxygens (including phenoxy) is 1. The smallest absolute Gasteiger partial charge is 0.291 e. The first-order valence-corrected chi connectivity index (χ1v) is 10.0. The van der Waals surface area contributed by atoms with Gasteiger partial charge in [0.15, 0.2) is 11.6 Å². The molecule has 1 amide bonds. The molecule has 0 saturated carbocycles. The highest BCUT2D eigenvalue weighted by Gasteiger charge is 2.13. The zero-order valence-electron chi connectivity index (χ0n) is 17.2. The van der Waals surface area contributed by atoms with Gasteiger partial charge in [-0.3, -0.25) is 4.79 Å². The zero-order chi connectivity index (χ0) is 21.9.